The molecule has 2 unspecified atom stereocenters. The van der Waals surface area contributed by atoms with E-state index >= 15 is 0 Å². The summed E-state index contributed by atoms with van der Waals surface area (Å²) in [5.74, 6) is -0.418. The third-order valence-corrected chi connectivity index (χ3v) is 2.69. The van der Waals surface area contributed by atoms with E-state index in [9.17, 15) is 18.1 Å². The maximum atomic E-state index is 12.5. The Morgan fingerprint density at radius 3 is 2.75 bits per heavy atom. The van der Waals surface area contributed by atoms with E-state index in [1.807, 2.05) is 6.92 Å². The molecule has 0 aromatic carbocycles. The Hall–Kier alpha value is -1.13. The molecule has 0 saturated carbocycles. The SMILES string of the molecule is CCCC(N=O)C1C=CC=C(C(F)(F)F)C1. The Morgan fingerprint density at radius 2 is 2.25 bits per heavy atom. The zero-order chi connectivity index (χ0) is 12.2. The molecule has 0 N–H and O–H groups in total. The van der Waals surface area contributed by atoms with Gasteiger partial charge >= 0.3 is 6.18 Å². The molecular weight excluding hydrogens is 219 g/mol. The summed E-state index contributed by atoms with van der Waals surface area (Å²) in [6.45, 7) is 1.88. The van der Waals surface area contributed by atoms with Crippen molar-refractivity contribution in [3.63, 3.8) is 0 Å². The van der Waals surface area contributed by atoms with Crippen LogP contribution in [0.3, 0.4) is 0 Å². The average molecular weight is 233 g/mol. The van der Waals surface area contributed by atoms with Gasteiger partial charge in [-0.2, -0.15) is 18.1 Å². The number of allylic oxidation sites excluding steroid dienone is 3. The molecule has 2 atom stereocenters. The van der Waals surface area contributed by atoms with Crippen molar-refractivity contribution in [3.05, 3.63) is 28.7 Å². The zero-order valence-corrected chi connectivity index (χ0v) is 9.00. The van der Waals surface area contributed by atoms with Crippen LogP contribution in [0, 0.1) is 10.8 Å². The van der Waals surface area contributed by atoms with Crippen molar-refractivity contribution >= 4 is 0 Å². The molecule has 0 heterocycles. The molecule has 1 rings (SSSR count). The first-order valence-electron chi connectivity index (χ1n) is 5.26. The second-order valence-corrected chi connectivity index (χ2v) is 3.90. The number of hydrogen-bond acceptors (Lipinski definition) is 2. The molecule has 1 aliphatic carbocycles. The van der Waals surface area contributed by atoms with Gasteiger partial charge in [-0.15, -0.1) is 0 Å². The minimum absolute atomic E-state index is 0.142. The van der Waals surface area contributed by atoms with Crippen molar-refractivity contribution in [2.24, 2.45) is 11.1 Å². The van der Waals surface area contributed by atoms with Gasteiger partial charge in [0.25, 0.3) is 0 Å². The van der Waals surface area contributed by atoms with Gasteiger partial charge in [0.15, 0.2) is 0 Å². The van der Waals surface area contributed by atoms with E-state index in [2.05, 4.69) is 5.18 Å². The molecule has 0 aromatic rings. The molecule has 0 spiro atoms. The standard InChI is InChI=1S/C11H14F3NO/c1-2-4-10(15-16)8-5-3-6-9(7-8)11(12,13)14/h3,5-6,8,10H,2,4,7H2,1H3. The van der Waals surface area contributed by atoms with Gasteiger partial charge < -0.3 is 0 Å². The first-order chi connectivity index (χ1) is 7.49. The van der Waals surface area contributed by atoms with Crippen molar-refractivity contribution < 1.29 is 13.2 Å². The van der Waals surface area contributed by atoms with E-state index in [-0.39, 0.29) is 6.42 Å². The van der Waals surface area contributed by atoms with Gasteiger partial charge in [-0.05, 0) is 12.8 Å². The molecule has 0 amide bonds. The Labute approximate surface area is 92.2 Å². The van der Waals surface area contributed by atoms with E-state index in [4.69, 9.17) is 0 Å². The number of rotatable bonds is 4. The van der Waals surface area contributed by atoms with Gasteiger partial charge in [0.2, 0.25) is 0 Å². The third kappa shape index (κ3) is 3.18. The van der Waals surface area contributed by atoms with Gasteiger partial charge in [-0.3, -0.25) is 0 Å². The van der Waals surface area contributed by atoms with Crippen LogP contribution < -0.4 is 0 Å². The zero-order valence-electron chi connectivity index (χ0n) is 9.00. The van der Waals surface area contributed by atoms with Crippen LogP contribution in [0.15, 0.2) is 29.0 Å². The van der Waals surface area contributed by atoms with Gasteiger partial charge in [-0.1, -0.05) is 36.7 Å². The van der Waals surface area contributed by atoms with E-state index in [1.54, 1.807) is 6.08 Å². The fraction of sp³-hybridized carbons (Fsp3) is 0.636. The number of hydrogen-bond donors (Lipinski definition) is 0. The molecule has 0 radical (unpaired) electrons. The van der Waals surface area contributed by atoms with Crippen LogP contribution in [0.2, 0.25) is 0 Å². The van der Waals surface area contributed by atoms with Crippen molar-refractivity contribution in [3.8, 4) is 0 Å². The smallest absolute Gasteiger partial charge is 0.166 e. The molecule has 0 aromatic heterocycles. The normalized spacial score (nSPS) is 22.8. The Balaban J connectivity index is 2.72. The van der Waals surface area contributed by atoms with E-state index in [0.29, 0.717) is 6.42 Å². The summed E-state index contributed by atoms with van der Waals surface area (Å²) in [4.78, 5) is 10.6. The number of halogens is 3. The van der Waals surface area contributed by atoms with Gasteiger partial charge in [0.1, 0.15) is 0 Å². The quantitative estimate of drug-likeness (QED) is 0.675. The minimum Gasteiger partial charge on any atom is -0.166 e. The van der Waals surface area contributed by atoms with Crippen molar-refractivity contribution in [1.29, 1.82) is 0 Å². The minimum atomic E-state index is -4.30. The number of nitroso groups, excluding NO2 is 1. The monoisotopic (exact) mass is 233 g/mol. The van der Waals surface area contributed by atoms with Crippen LogP contribution in [0.25, 0.3) is 0 Å². The fourth-order valence-corrected chi connectivity index (χ4v) is 1.82. The predicted octanol–water partition coefficient (Wildman–Crippen LogP) is 3.99. The van der Waals surface area contributed by atoms with E-state index in [0.717, 1.165) is 12.5 Å². The fourth-order valence-electron chi connectivity index (χ4n) is 1.82. The molecule has 1 aliphatic rings. The first kappa shape index (κ1) is 12.9. The number of nitrogens with zero attached hydrogens (tertiary/aromatic N) is 1. The highest BCUT2D eigenvalue weighted by molar-refractivity contribution is 5.24. The molecule has 5 heteroatoms. The molecule has 90 valence electrons. The van der Waals surface area contributed by atoms with Crippen molar-refractivity contribution in [2.45, 2.75) is 38.4 Å². The van der Waals surface area contributed by atoms with Crippen LogP contribution in [-0.4, -0.2) is 12.2 Å². The van der Waals surface area contributed by atoms with Gasteiger partial charge in [0.05, 0.1) is 6.04 Å². The number of alkyl halides is 3. The van der Waals surface area contributed by atoms with E-state index in [1.165, 1.54) is 6.08 Å². The van der Waals surface area contributed by atoms with Gasteiger partial charge in [0, 0.05) is 11.5 Å². The maximum Gasteiger partial charge on any atom is 0.412 e. The maximum absolute atomic E-state index is 12.5. The van der Waals surface area contributed by atoms with Crippen LogP contribution in [0.1, 0.15) is 26.2 Å². The lowest BCUT2D eigenvalue weighted by atomic mass is 9.86. The average Bonchev–Trinajstić information content (AvgIpc) is 2.25. The lowest BCUT2D eigenvalue weighted by molar-refractivity contribution is -0.0952. The topological polar surface area (TPSA) is 29.4 Å². The molecule has 0 fully saturated rings. The predicted molar refractivity (Wildman–Crippen MR) is 55.9 cm³/mol. The largest absolute Gasteiger partial charge is 0.412 e. The molecule has 2 nitrogen and oxygen atoms in total. The van der Waals surface area contributed by atoms with Crippen molar-refractivity contribution in [1.82, 2.24) is 0 Å². The second kappa shape index (κ2) is 5.27. The third-order valence-electron chi connectivity index (χ3n) is 2.69. The van der Waals surface area contributed by atoms with Crippen LogP contribution in [0.4, 0.5) is 13.2 Å². The molecule has 0 bridgehead atoms. The van der Waals surface area contributed by atoms with Crippen LogP contribution in [0.5, 0.6) is 0 Å². The van der Waals surface area contributed by atoms with E-state index < -0.39 is 23.7 Å². The molecule has 0 aliphatic heterocycles. The summed E-state index contributed by atoms with van der Waals surface area (Å²) in [6, 6.07) is -0.549. The van der Waals surface area contributed by atoms with Crippen LogP contribution in [-0.2, 0) is 0 Å². The Kier molecular flexibility index (Phi) is 4.26. The summed E-state index contributed by atoms with van der Waals surface area (Å²) < 4.78 is 37.4. The van der Waals surface area contributed by atoms with Crippen molar-refractivity contribution in [2.75, 3.05) is 0 Å². The summed E-state index contributed by atoms with van der Waals surface area (Å²) >= 11 is 0. The Bertz CT molecular complexity index is 307. The summed E-state index contributed by atoms with van der Waals surface area (Å²) in [7, 11) is 0. The highest BCUT2D eigenvalue weighted by atomic mass is 19.4. The lowest BCUT2D eigenvalue weighted by Gasteiger charge is -2.23. The molecular formula is C11H14F3NO. The molecule has 0 saturated heterocycles. The summed E-state index contributed by atoms with van der Waals surface area (Å²) in [5.41, 5.74) is -0.579. The Morgan fingerprint density at radius 1 is 1.56 bits per heavy atom. The van der Waals surface area contributed by atoms with Gasteiger partial charge in [-0.25, -0.2) is 0 Å². The summed E-state index contributed by atoms with van der Waals surface area (Å²) in [5, 5.41) is 2.92. The van der Waals surface area contributed by atoms with Crippen LogP contribution >= 0.6 is 0 Å². The first-order valence-corrected chi connectivity index (χ1v) is 5.26. The highest BCUT2D eigenvalue weighted by Crippen LogP contribution is 2.35. The lowest BCUT2D eigenvalue weighted by Crippen LogP contribution is -2.23. The molecule has 16 heavy (non-hydrogen) atoms. The summed E-state index contributed by atoms with van der Waals surface area (Å²) in [6.07, 6.45) is 0.890. The second-order valence-electron chi connectivity index (χ2n) is 3.90. The highest BCUT2D eigenvalue weighted by Gasteiger charge is 2.36.